The van der Waals surface area contributed by atoms with Gasteiger partial charge in [0.25, 0.3) is 0 Å². The van der Waals surface area contributed by atoms with Crippen LogP contribution in [-0.2, 0) is 9.31 Å². The van der Waals surface area contributed by atoms with Crippen molar-refractivity contribution in [1.82, 2.24) is 0 Å². The van der Waals surface area contributed by atoms with Crippen LogP contribution in [-0.4, -0.2) is 24.4 Å². The summed E-state index contributed by atoms with van der Waals surface area (Å²) in [5.41, 5.74) is 1.69. The third-order valence-electron chi connectivity index (χ3n) is 4.36. The Labute approximate surface area is 115 Å². The van der Waals surface area contributed by atoms with E-state index in [9.17, 15) is 0 Å². The average molecular weight is 259 g/mol. The molecule has 0 amide bonds. The fraction of sp³-hybridized carbons (Fsp3) is 0.600. The number of anilines is 1. The Morgan fingerprint density at radius 2 is 1.74 bits per heavy atom. The van der Waals surface area contributed by atoms with Crippen molar-refractivity contribution in [2.24, 2.45) is 0 Å². The van der Waals surface area contributed by atoms with E-state index in [1.54, 1.807) is 0 Å². The zero-order chi connectivity index (χ0) is 13.7. The van der Waals surface area contributed by atoms with Gasteiger partial charge in [0.2, 0.25) is 0 Å². The summed E-state index contributed by atoms with van der Waals surface area (Å²) in [7, 11) is -0.272. The van der Waals surface area contributed by atoms with E-state index in [0.717, 1.165) is 11.2 Å². The summed E-state index contributed by atoms with van der Waals surface area (Å²) in [6, 6.07) is 9.03. The number of hydrogen-bond acceptors (Lipinski definition) is 3. The second kappa shape index (κ2) is 4.25. The van der Waals surface area contributed by atoms with Gasteiger partial charge < -0.3 is 14.6 Å². The van der Waals surface area contributed by atoms with Gasteiger partial charge in [-0.1, -0.05) is 12.1 Å². The van der Waals surface area contributed by atoms with Crippen LogP contribution in [0.3, 0.4) is 0 Å². The molecule has 19 heavy (non-hydrogen) atoms. The van der Waals surface area contributed by atoms with E-state index in [2.05, 4.69) is 57.3 Å². The summed E-state index contributed by atoms with van der Waals surface area (Å²) < 4.78 is 12.2. The van der Waals surface area contributed by atoms with Gasteiger partial charge in [-0.15, -0.1) is 0 Å². The molecule has 1 N–H and O–H groups in total. The van der Waals surface area contributed by atoms with Crippen LogP contribution < -0.4 is 10.8 Å². The van der Waals surface area contributed by atoms with Gasteiger partial charge >= 0.3 is 7.12 Å². The van der Waals surface area contributed by atoms with Gasteiger partial charge in [-0.25, -0.2) is 0 Å². The minimum Gasteiger partial charge on any atom is -0.399 e. The summed E-state index contributed by atoms with van der Waals surface area (Å²) in [4.78, 5) is 0. The molecule has 2 fully saturated rings. The largest absolute Gasteiger partial charge is 0.494 e. The maximum Gasteiger partial charge on any atom is 0.494 e. The lowest BCUT2D eigenvalue weighted by Gasteiger charge is -2.32. The maximum atomic E-state index is 6.08. The number of rotatable bonds is 3. The molecule has 1 aliphatic heterocycles. The molecule has 1 aromatic rings. The standard InChI is InChI=1S/C15H22BNO2/c1-14(2)15(3,4)19-16(18-14)11-6-5-7-13(10-11)17-12-8-9-12/h5-7,10,12,17H,8-9H2,1-4H3. The van der Waals surface area contributed by atoms with Crippen LogP contribution in [0.15, 0.2) is 24.3 Å². The van der Waals surface area contributed by atoms with Crippen LogP contribution in [0.2, 0.25) is 0 Å². The molecule has 0 bridgehead atoms. The van der Waals surface area contributed by atoms with Crippen molar-refractivity contribution in [3.63, 3.8) is 0 Å². The van der Waals surface area contributed by atoms with Crippen molar-refractivity contribution in [3.8, 4) is 0 Å². The predicted molar refractivity (Wildman–Crippen MR) is 78.8 cm³/mol. The van der Waals surface area contributed by atoms with E-state index < -0.39 is 0 Å². The molecule has 102 valence electrons. The Morgan fingerprint density at radius 3 is 2.32 bits per heavy atom. The SMILES string of the molecule is CC1(C)OB(c2cccc(NC3CC3)c2)OC1(C)C. The number of benzene rings is 1. The fourth-order valence-corrected chi connectivity index (χ4v) is 2.22. The second-order valence-corrected chi connectivity index (χ2v) is 6.63. The first kappa shape index (κ1) is 13.0. The third kappa shape index (κ3) is 2.52. The van der Waals surface area contributed by atoms with E-state index in [1.165, 1.54) is 12.8 Å². The highest BCUT2D eigenvalue weighted by Gasteiger charge is 2.51. The molecule has 1 heterocycles. The lowest BCUT2D eigenvalue weighted by atomic mass is 9.79. The molecule has 0 atom stereocenters. The van der Waals surface area contributed by atoms with Crippen LogP contribution in [0.1, 0.15) is 40.5 Å². The van der Waals surface area contributed by atoms with Crippen molar-refractivity contribution in [1.29, 1.82) is 0 Å². The second-order valence-electron chi connectivity index (χ2n) is 6.63. The molecule has 1 aliphatic carbocycles. The van der Waals surface area contributed by atoms with E-state index in [4.69, 9.17) is 9.31 Å². The van der Waals surface area contributed by atoms with Crippen molar-refractivity contribution in [3.05, 3.63) is 24.3 Å². The molecule has 1 saturated carbocycles. The highest BCUT2D eigenvalue weighted by atomic mass is 16.7. The molecule has 0 unspecified atom stereocenters. The van der Waals surface area contributed by atoms with Crippen molar-refractivity contribution < 1.29 is 9.31 Å². The minimum absolute atomic E-state index is 0.272. The molecule has 0 radical (unpaired) electrons. The monoisotopic (exact) mass is 259 g/mol. The molecule has 2 aliphatic rings. The molecule has 1 saturated heterocycles. The lowest BCUT2D eigenvalue weighted by Crippen LogP contribution is -2.41. The first-order valence-corrected chi connectivity index (χ1v) is 7.09. The molecule has 0 spiro atoms. The third-order valence-corrected chi connectivity index (χ3v) is 4.36. The van der Waals surface area contributed by atoms with Gasteiger partial charge in [0, 0.05) is 11.7 Å². The molecule has 3 nitrogen and oxygen atoms in total. The highest BCUT2D eigenvalue weighted by Crippen LogP contribution is 2.36. The summed E-state index contributed by atoms with van der Waals surface area (Å²) in [5, 5.41) is 3.51. The van der Waals surface area contributed by atoms with Crippen LogP contribution in [0.5, 0.6) is 0 Å². The first-order chi connectivity index (χ1) is 8.87. The van der Waals surface area contributed by atoms with Crippen LogP contribution >= 0.6 is 0 Å². The van der Waals surface area contributed by atoms with Gasteiger partial charge in [-0.3, -0.25) is 0 Å². The average Bonchev–Trinajstić information content (AvgIpc) is 3.07. The smallest absolute Gasteiger partial charge is 0.399 e. The van der Waals surface area contributed by atoms with Gasteiger partial charge in [-0.05, 0) is 58.1 Å². The van der Waals surface area contributed by atoms with Crippen molar-refractivity contribution in [2.75, 3.05) is 5.32 Å². The number of nitrogens with one attached hydrogen (secondary N) is 1. The maximum absolute atomic E-state index is 6.08. The first-order valence-electron chi connectivity index (χ1n) is 7.09. The number of hydrogen-bond donors (Lipinski definition) is 1. The summed E-state index contributed by atoms with van der Waals surface area (Å²) in [6.07, 6.45) is 2.56. The van der Waals surface area contributed by atoms with Gasteiger partial charge in [0.1, 0.15) is 0 Å². The summed E-state index contributed by atoms with van der Waals surface area (Å²) in [6.45, 7) is 8.33. The summed E-state index contributed by atoms with van der Waals surface area (Å²) in [5.74, 6) is 0. The Balaban J connectivity index is 1.79. The minimum atomic E-state index is -0.280. The Bertz CT molecular complexity index is 467. The molecule has 1 aromatic carbocycles. The van der Waals surface area contributed by atoms with E-state index >= 15 is 0 Å². The molecular formula is C15H22BNO2. The van der Waals surface area contributed by atoms with Gasteiger partial charge in [0.15, 0.2) is 0 Å². The summed E-state index contributed by atoms with van der Waals surface area (Å²) >= 11 is 0. The molecule has 3 rings (SSSR count). The van der Waals surface area contributed by atoms with E-state index in [-0.39, 0.29) is 18.3 Å². The lowest BCUT2D eigenvalue weighted by molar-refractivity contribution is 0.00578. The Morgan fingerprint density at radius 1 is 1.11 bits per heavy atom. The molecule has 4 heteroatoms. The van der Waals surface area contributed by atoms with Gasteiger partial charge in [-0.2, -0.15) is 0 Å². The quantitative estimate of drug-likeness (QED) is 0.846. The van der Waals surface area contributed by atoms with Crippen LogP contribution in [0, 0.1) is 0 Å². The predicted octanol–water partition coefficient (Wildman–Crippen LogP) is 2.56. The Hall–Kier alpha value is -0.995. The zero-order valence-corrected chi connectivity index (χ0v) is 12.2. The highest BCUT2D eigenvalue weighted by molar-refractivity contribution is 6.62. The Kier molecular flexibility index (Phi) is 2.91. The zero-order valence-electron chi connectivity index (χ0n) is 12.2. The van der Waals surface area contributed by atoms with Crippen molar-refractivity contribution >= 4 is 18.3 Å². The molecular weight excluding hydrogens is 237 g/mol. The van der Waals surface area contributed by atoms with Crippen LogP contribution in [0.25, 0.3) is 0 Å². The fourth-order valence-electron chi connectivity index (χ4n) is 2.22. The van der Waals surface area contributed by atoms with E-state index in [0.29, 0.717) is 6.04 Å². The van der Waals surface area contributed by atoms with Crippen LogP contribution in [0.4, 0.5) is 5.69 Å². The van der Waals surface area contributed by atoms with Gasteiger partial charge in [0.05, 0.1) is 11.2 Å². The topological polar surface area (TPSA) is 30.5 Å². The normalized spacial score (nSPS) is 24.5. The molecule has 0 aromatic heterocycles. The van der Waals surface area contributed by atoms with E-state index in [1.807, 2.05) is 0 Å². The van der Waals surface area contributed by atoms with Crippen molar-refractivity contribution in [2.45, 2.75) is 57.8 Å².